The fourth-order valence-electron chi connectivity index (χ4n) is 1.28. The number of phenols is 1. The Morgan fingerprint density at radius 1 is 1.37 bits per heavy atom. The molecule has 0 atom stereocenters. The number of hydrogen-bond donors (Lipinski definition) is 1. The van der Waals surface area contributed by atoms with Crippen molar-refractivity contribution in [3.8, 4) is 5.75 Å². The van der Waals surface area contributed by atoms with Crippen LogP contribution in [0, 0.1) is 0 Å². The van der Waals surface area contributed by atoms with Gasteiger partial charge in [0.2, 0.25) is 0 Å². The molecule has 7 heteroatoms. The largest absolute Gasteiger partial charge is 0.508 e. The second-order valence-corrected chi connectivity index (χ2v) is 4.48. The van der Waals surface area contributed by atoms with Crippen LogP contribution in [0.4, 0.5) is 0 Å². The number of aromatic nitrogens is 2. The summed E-state index contributed by atoms with van der Waals surface area (Å²) in [6.45, 7) is 1.96. The minimum absolute atomic E-state index is 0.143. The van der Waals surface area contributed by atoms with Crippen LogP contribution >= 0.6 is 11.8 Å². The van der Waals surface area contributed by atoms with E-state index in [-0.39, 0.29) is 18.2 Å². The minimum Gasteiger partial charge on any atom is -0.508 e. The van der Waals surface area contributed by atoms with E-state index in [2.05, 4.69) is 10.2 Å². The number of phenolic OH excluding ortho intramolecular Hbond substituents is 1. The van der Waals surface area contributed by atoms with E-state index in [4.69, 9.17) is 14.3 Å². The van der Waals surface area contributed by atoms with E-state index in [1.54, 1.807) is 31.2 Å². The van der Waals surface area contributed by atoms with Gasteiger partial charge < -0.3 is 14.3 Å². The number of thioether (sulfide) groups is 1. The van der Waals surface area contributed by atoms with Gasteiger partial charge in [-0.1, -0.05) is 29.0 Å². The third kappa shape index (κ3) is 3.72. The van der Waals surface area contributed by atoms with Crippen LogP contribution in [0.3, 0.4) is 0 Å². The Labute approximate surface area is 113 Å². The molecular formula is C12H12N2O4S. The van der Waals surface area contributed by atoms with Crippen molar-refractivity contribution in [3.63, 3.8) is 0 Å². The van der Waals surface area contributed by atoms with Crippen molar-refractivity contribution in [1.29, 1.82) is 0 Å². The summed E-state index contributed by atoms with van der Waals surface area (Å²) in [6, 6.07) is 6.80. The second-order valence-electron chi connectivity index (χ2n) is 3.55. The summed E-state index contributed by atoms with van der Waals surface area (Å²) in [5.41, 5.74) is 0.999. The molecule has 0 fully saturated rings. The van der Waals surface area contributed by atoms with Crippen molar-refractivity contribution in [2.24, 2.45) is 0 Å². The number of rotatable bonds is 5. The van der Waals surface area contributed by atoms with Crippen LogP contribution in [0.5, 0.6) is 5.75 Å². The third-order valence-electron chi connectivity index (χ3n) is 2.16. The minimum atomic E-state index is -0.619. The number of hydrogen-bond acceptors (Lipinski definition) is 7. The average molecular weight is 280 g/mol. The fourth-order valence-corrected chi connectivity index (χ4v) is 2.00. The molecule has 1 heterocycles. The Morgan fingerprint density at radius 3 is 2.79 bits per heavy atom. The smallest absolute Gasteiger partial charge is 0.396 e. The maximum absolute atomic E-state index is 11.3. The Kier molecular flexibility index (Phi) is 4.40. The summed E-state index contributed by atoms with van der Waals surface area (Å²) in [5, 5.41) is 16.8. The number of esters is 1. The molecule has 0 unspecified atom stereocenters. The van der Waals surface area contributed by atoms with Gasteiger partial charge >= 0.3 is 11.9 Å². The van der Waals surface area contributed by atoms with Crippen LogP contribution in [0.15, 0.2) is 33.9 Å². The van der Waals surface area contributed by atoms with Gasteiger partial charge in [-0.05, 0) is 24.6 Å². The van der Waals surface area contributed by atoms with E-state index < -0.39 is 5.97 Å². The lowest BCUT2D eigenvalue weighted by Gasteiger charge is -1.98. The molecule has 0 aliphatic carbocycles. The molecule has 0 saturated carbocycles. The molecule has 0 aliphatic heterocycles. The first-order valence-electron chi connectivity index (χ1n) is 5.60. The fraction of sp³-hybridized carbons (Fsp3) is 0.250. The second kappa shape index (κ2) is 6.24. The summed E-state index contributed by atoms with van der Waals surface area (Å²) >= 11 is 1.31. The predicted molar refractivity (Wildman–Crippen MR) is 67.9 cm³/mol. The molecule has 0 saturated heterocycles. The highest BCUT2D eigenvalue weighted by atomic mass is 32.2. The van der Waals surface area contributed by atoms with Crippen LogP contribution < -0.4 is 0 Å². The third-order valence-corrected chi connectivity index (χ3v) is 3.04. The van der Waals surface area contributed by atoms with E-state index in [1.165, 1.54) is 11.8 Å². The maximum atomic E-state index is 11.3. The summed E-state index contributed by atoms with van der Waals surface area (Å²) in [5.74, 6) is 0.0581. The first-order chi connectivity index (χ1) is 9.19. The Morgan fingerprint density at radius 2 is 2.11 bits per heavy atom. The van der Waals surface area contributed by atoms with Crippen LogP contribution in [0.1, 0.15) is 23.2 Å². The molecule has 1 aromatic heterocycles. The topological polar surface area (TPSA) is 85.5 Å². The van der Waals surface area contributed by atoms with Crippen molar-refractivity contribution < 1.29 is 19.1 Å². The van der Waals surface area contributed by atoms with Crippen LogP contribution in [-0.2, 0) is 10.5 Å². The summed E-state index contributed by atoms with van der Waals surface area (Å²) < 4.78 is 9.91. The molecule has 0 amide bonds. The number of aromatic hydroxyl groups is 1. The Bertz CT molecular complexity index is 553. The van der Waals surface area contributed by atoms with E-state index in [0.717, 1.165) is 5.56 Å². The molecule has 0 radical (unpaired) electrons. The lowest BCUT2D eigenvalue weighted by Crippen LogP contribution is -2.04. The van der Waals surface area contributed by atoms with Crippen LogP contribution in [0.25, 0.3) is 0 Å². The number of nitrogens with zero attached hydrogens (tertiary/aromatic N) is 2. The lowest BCUT2D eigenvalue weighted by molar-refractivity contribution is 0.0475. The number of carbonyl (C=O) groups is 1. The standard InChI is InChI=1S/C12H12N2O4S/c1-2-17-11(16)10-13-14-12(18-10)19-7-8-3-5-9(15)6-4-8/h3-6,15H,2,7H2,1H3. The van der Waals surface area contributed by atoms with E-state index in [1.807, 2.05) is 0 Å². The van der Waals surface area contributed by atoms with Gasteiger partial charge in [-0.25, -0.2) is 4.79 Å². The number of carbonyl (C=O) groups excluding carboxylic acids is 1. The van der Waals surface area contributed by atoms with Crippen molar-refractivity contribution >= 4 is 17.7 Å². The molecule has 6 nitrogen and oxygen atoms in total. The number of ether oxygens (including phenoxy) is 1. The average Bonchev–Trinajstić information content (AvgIpc) is 2.87. The van der Waals surface area contributed by atoms with Crippen molar-refractivity contribution in [3.05, 3.63) is 35.7 Å². The van der Waals surface area contributed by atoms with Gasteiger partial charge in [0, 0.05) is 5.75 Å². The SMILES string of the molecule is CCOC(=O)c1nnc(SCc2ccc(O)cc2)o1. The molecule has 0 spiro atoms. The molecular weight excluding hydrogens is 268 g/mol. The first-order valence-corrected chi connectivity index (χ1v) is 6.59. The van der Waals surface area contributed by atoms with Crippen LogP contribution in [0.2, 0.25) is 0 Å². The molecule has 0 aliphatic rings. The van der Waals surface area contributed by atoms with Gasteiger partial charge in [0.05, 0.1) is 6.61 Å². The summed E-state index contributed by atoms with van der Waals surface area (Å²) in [7, 11) is 0. The summed E-state index contributed by atoms with van der Waals surface area (Å²) in [4.78, 5) is 11.3. The molecule has 0 bridgehead atoms. The van der Waals surface area contributed by atoms with E-state index >= 15 is 0 Å². The normalized spacial score (nSPS) is 10.4. The molecule has 100 valence electrons. The van der Waals surface area contributed by atoms with Gasteiger partial charge in [-0.2, -0.15) is 0 Å². The van der Waals surface area contributed by atoms with Crippen molar-refractivity contribution in [2.75, 3.05) is 6.61 Å². The zero-order chi connectivity index (χ0) is 13.7. The predicted octanol–water partition coefficient (Wildman–Crippen LogP) is 2.24. The Hall–Kier alpha value is -2.02. The molecule has 1 N–H and O–H groups in total. The van der Waals surface area contributed by atoms with Crippen LogP contribution in [-0.4, -0.2) is 27.9 Å². The highest BCUT2D eigenvalue weighted by molar-refractivity contribution is 7.98. The lowest BCUT2D eigenvalue weighted by atomic mass is 10.2. The molecule has 2 aromatic rings. The monoisotopic (exact) mass is 280 g/mol. The van der Waals surface area contributed by atoms with Gasteiger partial charge in [0.15, 0.2) is 0 Å². The zero-order valence-corrected chi connectivity index (χ0v) is 11.0. The van der Waals surface area contributed by atoms with Gasteiger partial charge in [-0.15, -0.1) is 5.10 Å². The van der Waals surface area contributed by atoms with Gasteiger partial charge in [0.1, 0.15) is 5.75 Å². The quantitative estimate of drug-likeness (QED) is 0.664. The summed E-state index contributed by atoms with van der Waals surface area (Å²) in [6.07, 6.45) is 0. The van der Waals surface area contributed by atoms with Gasteiger partial charge in [-0.3, -0.25) is 0 Å². The molecule has 2 rings (SSSR count). The number of benzene rings is 1. The Balaban J connectivity index is 1.93. The molecule has 19 heavy (non-hydrogen) atoms. The van der Waals surface area contributed by atoms with Gasteiger partial charge in [0.25, 0.3) is 5.22 Å². The van der Waals surface area contributed by atoms with E-state index in [9.17, 15) is 4.79 Å². The first kappa shape index (κ1) is 13.4. The highest BCUT2D eigenvalue weighted by Crippen LogP contribution is 2.22. The highest BCUT2D eigenvalue weighted by Gasteiger charge is 2.15. The van der Waals surface area contributed by atoms with Crippen molar-refractivity contribution in [1.82, 2.24) is 10.2 Å². The van der Waals surface area contributed by atoms with E-state index in [0.29, 0.717) is 11.0 Å². The molecule has 1 aromatic carbocycles. The zero-order valence-electron chi connectivity index (χ0n) is 10.2. The van der Waals surface area contributed by atoms with Crippen molar-refractivity contribution in [2.45, 2.75) is 17.9 Å². The maximum Gasteiger partial charge on any atom is 0.396 e.